The number of nitrogens with one attached hydrogen (secondary N) is 1. The molecule has 220 valence electrons. The van der Waals surface area contributed by atoms with Crippen molar-refractivity contribution >= 4 is 5.97 Å². The molecule has 0 radical (unpaired) electrons. The van der Waals surface area contributed by atoms with Crippen LogP contribution in [0.1, 0.15) is 41.9 Å². The minimum absolute atomic E-state index is 0.0433. The SMILES string of the molecule is COc1ccccc1COCCCOc1ccc(C2CCNCC2OCCOc2ccccc2CCC(=O)O)cc1. The van der Waals surface area contributed by atoms with Crippen LogP contribution >= 0.6 is 0 Å². The third-order valence-corrected chi connectivity index (χ3v) is 7.14. The molecule has 0 aliphatic carbocycles. The molecule has 2 atom stereocenters. The van der Waals surface area contributed by atoms with E-state index >= 15 is 0 Å². The number of ether oxygens (including phenoxy) is 5. The van der Waals surface area contributed by atoms with E-state index < -0.39 is 5.97 Å². The Bertz CT molecular complexity index is 1200. The Morgan fingerprint density at radius 1 is 0.878 bits per heavy atom. The molecule has 3 aromatic rings. The summed E-state index contributed by atoms with van der Waals surface area (Å²) in [5.74, 6) is 1.88. The van der Waals surface area contributed by atoms with Crippen LogP contribution in [0.25, 0.3) is 0 Å². The molecule has 1 aliphatic rings. The van der Waals surface area contributed by atoms with Gasteiger partial charge in [-0.25, -0.2) is 0 Å². The van der Waals surface area contributed by atoms with Crippen LogP contribution in [-0.4, -0.2) is 63.8 Å². The fourth-order valence-corrected chi connectivity index (χ4v) is 5.00. The largest absolute Gasteiger partial charge is 0.496 e. The second kappa shape index (κ2) is 16.6. The van der Waals surface area contributed by atoms with Crippen molar-refractivity contribution in [2.45, 2.75) is 44.3 Å². The Kier molecular flexibility index (Phi) is 12.3. The Hall–Kier alpha value is -3.59. The summed E-state index contributed by atoms with van der Waals surface area (Å²) in [6.07, 6.45) is 2.36. The van der Waals surface area contributed by atoms with Gasteiger partial charge in [-0.3, -0.25) is 4.79 Å². The predicted octanol–water partition coefficient (Wildman–Crippen LogP) is 5.24. The average molecular weight is 564 g/mol. The number of methoxy groups -OCH3 is 1. The van der Waals surface area contributed by atoms with E-state index in [0.717, 1.165) is 48.6 Å². The van der Waals surface area contributed by atoms with E-state index in [1.165, 1.54) is 5.56 Å². The molecule has 3 aromatic carbocycles. The monoisotopic (exact) mass is 563 g/mol. The fourth-order valence-electron chi connectivity index (χ4n) is 5.00. The summed E-state index contributed by atoms with van der Waals surface area (Å²) in [5.41, 5.74) is 3.18. The minimum Gasteiger partial charge on any atom is -0.496 e. The van der Waals surface area contributed by atoms with Gasteiger partial charge >= 0.3 is 5.97 Å². The molecule has 8 nitrogen and oxygen atoms in total. The molecule has 4 rings (SSSR count). The molecule has 1 aliphatic heterocycles. The van der Waals surface area contributed by atoms with Gasteiger partial charge in [-0.1, -0.05) is 48.5 Å². The van der Waals surface area contributed by atoms with E-state index in [1.807, 2.05) is 60.7 Å². The van der Waals surface area contributed by atoms with Crippen LogP contribution in [0, 0.1) is 0 Å². The van der Waals surface area contributed by atoms with Gasteiger partial charge in [0.15, 0.2) is 0 Å². The number of para-hydroxylation sites is 2. The lowest BCUT2D eigenvalue weighted by molar-refractivity contribution is -0.136. The summed E-state index contributed by atoms with van der Waals surface area (Å²) in [4.78, 5) is 10.9. The Morgan fingerprint density at radius 2 is 1.63 bits per heavy atom. The van der Waals surface area contributed by atoms with Gasteiger partial charge in [0.2, 0.25) is 0 Å². The zero-order chi connectivity index (χ0) is 28.7. The van der Waals surface area contributed by atoms with Gasteiger partial charge in [0.05, 0.1) is 39.6 Å². The van der Waals surface area contributed by atoms with Gasteiger partial charge in [-0.05, 0) is 54.8 Å². The predicted molar refractivity (Wildman–Crippen MR) is 157 cm³/mol. The molecule has 2 unspecified atom stereocenters. The maximum Gasteiger partial charge on any atom is 0.303 e. The van der Waals surface area contributed by atoms with Crippen molar-refractivity contribution in [2.75, 3.05) is 46.6 Å². The molecule has 8 heteroatoms. The lowest BCUT2D eigenvalue weighted by Gasteiger charge is -2.32. The zero-order valence-corrected chi connectivity index (χ0v) is 23.8. The first-order valence-electron chi connectivity index (χ1n) is 14.3. The van der Waals surface area contributed by atoms with Crippen LogP contribution in [0.4, 0.5) is 0 Å². The van der Waals surface area contributed by atoms with Crippen LogP contribution in [0.2, 0.25) is 0 Å². The molecule has 2 N–H and O–H groups in total. The molecule has 41 heavy (non-hydrogen) atoms. The van der Waals surface area contributed by atoms with Crippen molar-refractivity contribution in [3.8, 4) is 17.2 Å². The number of rotatable bonds is 17. The van der Waals surface area contributed by atoms with Gasteiger partial charge in [0, 0.05) is 30.9 Å². The highest BCUT2D eigenvalue weighted by Gasteiger charge is 2.27. The topological polar surface area (TPSA) is 95.5 Å². The second-order valence-electron chi connectivity index (χ2n) is 9.99. The van der Waals surface area contributed by atoms with Crippen molar-refractivity contribution in [3.05, 3.63) is 89.5 Å². The average Bonchev–Trinajstić information content (AvgIpc) is 3.01. The normalized spacial score (nSPS) is 16.7. The van der Waals surface area contributed by atoms with Gasteiger partial charge in [0.25, 0.3) is 0 Å². The number of benzene rings is 3. The molecular formula is C33H41NO7. The molecule has 0 saturated carbocycles. The fraction of sp³-hybridized carbons (Fsp3) is 0.424. The third-order valence-electron chi connectivity index (χ3n) is 7.14. The van der Waals surface area contributed by atoms with E-state index in [-0.39, 0.29) is 18.4 Å². The number of aliphatic carboxylic acids is 1. The standard InChI is InChI=1S/C33H41NO7/c1-37-30-9-4-3-8-27(30)24-38-19-6-20-39-28-14-11-25(12-15-28)29-17-18-34-23-32(29)41-22-21-40-31-10-5-2-7-26(31)13-16-33(35)36/h2-5,7-12,14-15,29,32,34H,6,13,16-24H2,1H3,(H,35,36). The summed E-state index contributed by atoms with van der Waals surface area (Å²) in [5, 5.41) is 12.4. The van der Waals surface area contributed by atoms with Crippen LogP contribution in [0.15, 0.2) is 72.8 Å². The maximum absolute atomic E-state index is 10.9. The molecule has 0 amide bonds. The van der Waals surface area contributed by atoms with Crippen LogP contribution in [-0.2, 0) is 27.3 Å². The van der Waals surface area contributed by atoms with Crippen molar-refractivity contribution in [2.24, 2.45) is 0 Å². The summed E-state index contributed by atoms with van der Waals surface area (Å²) >= 11 is 0. The number of carboxylic acid groups (broad SMARTS) is 1. The summed E-state index contributed by atoms with van der Waals surface area (Å²) in [7, 11) is 1.67. The number of carboxylic acids is 1. The van der Waals surface area contributed by atoms with Crippen molar-refractivity contribution in [1.82, 2.24) is 5.32 Å². The molecule has 0 spiro atoms. The Morgan fingerprint density at radius 3 is 2.41 bits per heavy atom. The van der Waals surface area contributed by atoms with Crippen LogP contribution < -0.4 is 19.5 Å². The number of hydrogen-bond donors (Lipinski definition) is 2. The van der Waals surface area contributed by atoms with Gasteiger partial charge in [-0.2, -0.15) is 0 Å². The highest BCUT2D eigenvalue weighted by Crippen LogP contribution is 2.29. The van der Waals surface area contributed by atoms with Crippen molar-refractivity contribution in [1.29, 1.82) is 0 Å². The first-order valence-corrected chi connectivity index (χ1v) is 14.3. The summed E-state index contributed by atoms with van der Waals surface area (Å²) in [6.45, 7) is 4.31. The zero-order valence-electron chi connectivity index (χ0n) is 23.8. The number of carbonyl (C=O) groups is 1. The third kappa shape index (κ3) is 9.78. The smallest absolute Gasteiger partial charge is 0.303 e. The number of aryl methyl sites for hydroxylation is 1. The van der Waals surface area contributed by atoms with Crippen LogP contribution in [0.3, 0.4) is 0 Å². The van der Waals surface area contributed by atoms with E-state index in [2.05, 4.69) is 17.4 Å². The Labute approximate surface area is 242 Å². The summed E-state index contributed by atoms with van der Waals surface area (Å²) in [6, 6.07) is 23.8. The number of hydrogen-bond acceptors (Lipinski definition) is 7. The van der Waals surface area contributed by atoms with Crippen molar-refractivity contribution in [3.63, 3.8) is 0 Å². The van der Waals surface area contributed by atoms with E-state index in [4.69, 9.17) is 28.8 Å². The molecule has 0 bridgehead atoms. The van der Waals surface area contributed by atoms with Gasteiger partial charge in [-0.15, -0.1) is 0 Å². The Balaban J connectivity index is 1.17. The molecular weight excluding hydrogens is 522 g/mol. The highest BCUT2D eigenvalue weighted by molar-refractivity contribution is 5.67. The molecule has 1 heterocycles. The van der Waals surface area contributed by atoms with Gasteiger partial charge in [0.1, 0.15) is 23.9 Å². The maximum atomic E-state index is 10.9. The minimum atomic E-state index is -0.815. The molecule has 1 fully saturated rings. The molecule has 1 saturated heterocycles. The lowest BCUT2D eigenvalue weighted by Crippen LogP contribution is -2.41. The van der Waals surface area contributed by atoms with E-state index in [0.29, 0.717) is 45.2 Å². The summed E-state index contributed by atoms with van der Waals surface area (Å²) < 4.78 is 29.3. The van der Waals surface area contributed by atoms with Crippen molar-refractivity contribution < 1.29 is 33.6 Å². The van der Waals surface area contributed by atoms with Gasteiger partial charge < -0.3 is 34.1 Å². The lowest BCUT2D eigenvalue weighted by atomic mass is 9.88. The van der Waals surface area contributed by atoms with Crippen LogP contribution in [0.5, 0.6) is 17.2 Å². The first-order chi connectivity index (χ1) is 20.1. The first kappa shape index (κ1) is 30.4. The van der Waals surface area contributed by atoms with E-state index in [1.54, 1.807) is 7.11 Å². The highest BCUT2D eigenvalue weighted by atomic mass is 16.5. The molecule has 0 aromatic heterocycles. The van der Waals surface area contributed by atoms with E-state index in [9.17, 15) is 4.79 Å². The number of piperidine rings is 1. The quantitative estimate of drug-likeness (QED) is 0.215. The second-order valence-corrected chi connectivity index (χ2v) is 9.99.